The fourth-order valence-electron chi connectivity index (χ4n) is 2.16. The molecule has 1 aromatic carbocycles. The molecule has 7 nitrogen and oxygen atoms in total. The van der Waals surface area contributed by atoms with Crippen molar-refractivity contribution in [3.8, 4) is 22.8 Å². The van der Waals surface area contributed by atoms with Gasteiger partial charge < -0.3 is 13.9 Å². The number of furan rings is 1. The first-order valence-electron chi connectivity index (χ1n) is 6.48. The molecule has 2 aromatic rings. The first-order valence-corrected chi connectivity index (χ1v) is 7.96. The zero-order valence-corrected chi connectivity index (χ0v) is 12.5. The molecule has 22 heavy (non-hydrogen) atoms. The Balaban J connectivity index is 2.24. The van der Waals surface area contributed by atoms with Gasteiger partial charge in [0.1, 0.15) is 19.0 Å². The summed E-state index contributed by atoms with van der Waals surface area (Å²) in [6, 6.07) is 5.92. The van der Waals surface area contributed by atoms with E-state index < -0.39 is 10.0 Å². The van der Waals surface area contributed by atoms with Crippen LogP contribution >= 0.6 is 0 Å². The predicted molar refractivity (Wildman–Crippen MR) is 76.8 cm³/mol. The summed E-state index contributed by atoms with van der Waals surface area (Å²) in [6.45, 7) is 0.726. The molecule has 0 unspecified atom stereocenters. The average Bonchev–Trinajstić information content (AvgIpc) is 3.02. The molecule has 3 rings (SSSR count). The number of benzene rings is 1. The van der Waals surface area contributed by atoms with Crippen molar-refractivity contribution in [1.29, 1.82) is 0 Å². The van der Waals surface area contributed by atoms with E-state index in [1.165, 1.54) is 31.3 Å². The zero-order chi connectivity index (χ0) is 15.7. The Hall–Kier alpha value is -2.32. The second-order valence-electron chi connectivity index (χ2n) is 4.52. The minimum absolute atomic E-state index is 0.00829. The second kappa shape index (κ2) is 5.47. The van der Waals surface area contributed by atoms with E-state index in [9.17, 15) is 13.2 Å². The van der Waals surface area contributed by atoms with Crippen molar-refractivity contribution in [2.24, 2.45) is 0 Å². The molecule has 0 fully saturated rings. The van der Waals surface area contributed by atoms with Gasteiger partial charge in [0.25, 0.3) is 0 Å². The van der Waals surface area contributed by atoms with Gasteiger partial charge in [0.05, 0.1) is 4.90 Å². The fourth-order valence-corrected chi connectivity index (χ4v) is 3.09. The molecule has 0 spiro atoms. The lowest BCUT2D eigenvalue weighted by molar-refractivity contribution is 0.110. The minimum atomic E-state index is -3.74. The van der Waals surface area contributed by atoms with Gasteiger partial charge in [-0.3, -0.25) is 4.79 Å². The van der Waals surface area contributed by atoms with Crippen LogP contribution in [0.3, 0.4) is 0 Å². The smallest absolute Gasteiger partial charge is 0.241 e. The minimum Gasteiger partial charge on any atom is -0.486 e. The van der Waals surface area contributed by atoms with E-state index in [-0.39, 0.29) is 16.4 Å². The summed E-state index contributed by atoms with van der Waals surface area (Å²) in [5, 5.41) is 0. The van der Waals surface area contributed by atoms with E-state index in [1.54, 1.807) is 0 Å². The molecule has 0 atom stereocenters. The highest BCUT2D eigenvalue weighted by molar-refractivity contribution is 7.89. The molecule has 0 saturated carbocycles. The summed E-state index contributed by atoms with van der Waals surface area (Å²) in [5.41, 5.74) is 0.298. The van der Waals surface area contributed by atoms with E-state index in [1.807, 2.05) is 0 Å². The lowest BCUT2D eigenvalue weighted by Crippen LogP contribution is -2.21. The highest BCUT2D eigenvalue weighted by Gasteiger charge is 2.25. The monoisotopic (exact) mass is 323 g/mol. The maximum Gasteiger partial charge on any atom is 0.241 e. The third-order valence-electron chi connectivity index (χ3n) is 3.21. The standard InChI is InChI=1S/C14H13NO6S/c1-15-22(17,18)14-7-13-12(19-4-5-20-13)6-10(14)11-3-2-9(8-16)21-11/h2-3,6-8,15H,4-5H2,1H3. The maximum atomic E-state index is 12.2. The zero-order valence-electron chi connectivity index (χ0n) is 11.7. The molecule has 0 saturated heterocycles. The average molecular weight is 323 g/mol. The van der Waals surface area contributed by atoms with Gasteiger partial charge in [-0.05, 0) is 25.2 Å². The number of rotatable bonds is 4. The number of nitrogens with one attached hydrogen (secondary N) is 1. The molecule has 116 valence electrons. The number of aldehydes is 1. The Kier molecular flexibility index (Phi) is 3.63. The van der Waals surface area contributed by atoms with Crippen LogP contribution in [0.15, 0.2) is 33.6 Å². The number of hydrogen-bond acceptors (Lipinski definition) is 6. The van der Waals surface area contributed by atoms with Gasteiger partial charge in [-0.15, -0.1) is 0 Å². The molecule has 2 heterocycles. The third-order valence-corrected chi connectivity index (χ3v) is 4.67. The van der Waals surface area contributed by atoms with Crippen LogP contribution in [0.5, 0.6) is 11.5 Å². The van der Waals surface area contributed by atoms with Gasteiger partial charge in [-0.2, -0.15) is 0 Å². The summed E-state index contributed by atoms with van der Waals surface area (Å²) >= 11 is 0. The van der Waals surface area contributed by atoms with Crippen LogP contribution in [0.2, 0.25) is 0 Å². The van der Waals surface area contributed by atoms with Gasteiger partial charge in [0.15, 0.2) is 23.5 Å². The van der Waals surface area contributed by atoms with Gasteiger partial charge >= 0.3 is 0 Å². The van der Waals surface area contributed by atoms with E-state index >= 15 is 0 Å². The van der Waals surface area contributed by atoms with Crippen molar-refractivity contribution in [2.45, 2.75) is 4.90 Å². The molecular weight excluding hydrogens is 310 g/mol. The fraction of sp³-hybridized carbons (Fsp3) is 0.214. The highest BCUT2D eigenvalue weighted by atomic mass is 32.2. The van der Waals surface area contributed by atoms with Crippen LogP contribution in [-0.2, 0) is 10.0 Å². The van der Waals surface area contributed by atoms with Crippen molar-refractivity contribution in [3.05, 3.63) is 30.0 Å². The summed E-state index contributed by atoms with van der Waals surface area (Å²) in [6.07, 6.45) is 0.549. The number of ether oxygens (including phenoxy) is 2. The van der Waals surface area contributed by atoms with Gasteiger partial charge in [0.2, 0.25) is 10.0 Å². The second-order valence-corrected chi connectivity index (χ2v) is 6.37. The Bertz CT molecular complexity index is 824. The third kappa shape index (κ3) is 2.46. The predicted octanol–water partition coefficient (Wildman–Crippen LogP) is 1.44. The van der Waals surface area contributed by atoms with Crippen LogP contribution in [0.4, 0.5) is 0 Å². The molecule has 0 aliphatic carbocycles. The highest BCUT2D eigenvalue weighted by Crippen LogP contribution is 2.39. The van der Waals surface area contributed by atoms with E-state index in [2.05, 4.69) is 4.72 Å². The van der Waals surface area contributed by atoms with Crippen LogP contribution < -0.4 is 14.2 Å². The first-order chi connectivity index (χ1) is 10.5. The maximum absolute atomic E-state index is 12.2. The van der Waals surface area contributed by atoms with Crippen LogP contribution in [0.1, 0.15) is 10.6 Å². The van der Waals surface area contributed by atoms with Crippen molar-refractivity contribution < 1.29 is 27.1 Å². The molecule has 1 aliphatic heterocycles. The van der Waals surface area contributed by atoms with E-state index in [0.717, 1.165) is 0 Å². The Morgan fingerprint density at radius 2 is 1.82 bits per heavy atom. The Morgan fingerprint density at radius 3 is 2.41 bits per heavy atom. The Morgan fingerprint density at radius 1 is 1.14 bits per heavy atom. The molecule has 1 aromatic heterocycles. The lowest BCUT2D eigenvalue weighted by atomic mass is 10.1. The quantitative estimate of drug-likeness (QED) is 0.856. The molecule has 0 radical (unpaired) electrons. The molecule has 1 aliphatic rings. The van der Waals surface area contributed by atoms with E-state index in [0.29, 0.717) is 36.6 Å². The lowest BCUT2D eigenvalue weighted by Gasteiger charge is -2.20. The molecule has 1 N–H and O–H groups in total. The molecular formula is C14H13NO6S. The first kappa shape index (κ1) is 14.6. The molecule has 0 bridgehead atoms. The van der Waals surface area contributed by atoms with Gasteiger partial charge in [0, 0.05) is 11.6 Å². The van der Waals surface area contributed by atoms with E-state index in [4.69, 9.17) is 13.9 Å². The normalized spacial score (nSPS) is 13.9. The van der Waals surface area contributed by atoms with Crippen molar-refractivity contribution in [2.75, 3.05) is 20.3 Å². The summed E-state index contributed by atoms with van der Waals surface area (Å²) in [5.74, 6) is 1.15. The number of hydrogen-bond donors (Lipinski definition) is 1. The van der Waals surface area contributed by atoms with Crippen LogP contribution in [0.25, 0.3) is 11.3 Å². The largest absolute Gasteiger partial charge is 0.486 e. The number of carbonyl (C=O) groups excluding carboxylic acids is 1. The van der Waals surface area contributed by atoms with Gasteiger partial charge in [-0.25, -0.2) is 13.1 Å². The SMILES string of the molecule is CNS(=O)(=O)c1cc2c(cc1-c1ccc(C=O)o1)OCCO2. The summed E-state index contributed by atoms with van der Waals surface area (Å²) in [7, 11) is -2.43. The van der Waals surface area contributed by atoms with Crippen LogP contribution in [-0.4, -0.2) is 35.0 Å². The number of sulfonamides is 1. The van der Waals surface area contributed by atoms with Crippen molar-refractivity contribution >= 4 is 16.3 Å². The molecule has 0 amide bonds. The number of carbonyl (C=O) groups is 1. The van der Waals surface area contributed by atoms with Gasteiger partial charge in [-0.1, -0.05) is 0 Å². The van der Waals surface area contributed by atoms with Crippen molar-refractivity contribution in [3.63, 3.8) is 0 Å². The summed E-state index contributed by atoms with van der Waals surface area (Å²) in [4.78, 5) is 10.7. The summed E-state index contributed by atoms with van der Waals surface area (Å²) < 4.78 is 43.0. The topological polar surface area (TPSA) is 94.8 Å². The number of fused-ring (bicyclic) bond motifs is 1. The Labute approximate surface area is 126 Å². The molecule has 8 heteroatoms. The van der Waals surface area contributed by atoms with Crippen LogP contribution in [0, 0.1) is 0 Å². The van der Waals surface area contributed by atoms with Crippen molar-refractivity contribution in [1.82, 2.24) is 4.72 Å².